The van der Waals surface area contributed by atoms with Crippen LogP contribution in [0.4, 0.5) is 4.39 Å². The molecule has 0 aliphatic heterocycles. The van der Waals surface area contributed by atoms with Gasteiger partial charge in [-0.15, -0.1) is 0 Å². The number of halogens is 2. The van der Waals surface area contributed by atoms with Crippen molar-refractivity contribution < 1.29 is 4.39 Å². The summed E-state index contributed by atoms with van der Waals surface area (Å²) in [6.45, 7) is 2.94. The third kappa shape index (κ3) is 3.78. The van der Waals surface area contributed by atoms with Gasteiger partial charge >= 0.3 is 0 Å². The predicted molar refractivity (Wildman–Crippen MR) is 72.4 cm³/mol. The van der Waals surface area contributed by atoms with Gasteiger partial charge in [0.15, 0.2) is 0 Å². The van der Waals surface area contributed by atoms with Gasteiger partial charge in [0.05, 0.1) is 0 Å². The van der Waals surface area contributed by atoms with Gasteiger partial charge in [0.25, 0.3) is 0 Å². The molecule has 1 nitrogen and oxygen atoms in total. The van der Waals surface area contributed by atoms with Crippen molar-refractivity contribution in [2.24, 2.45) is 5.92 Å². The topological polar surface area (TPSA) is 12.0 Å². The highest BCUT2D eigenvalue weighted by Gasteiger charge is 2.19. The number of nitrogens with one attached hydrogen (secondary N) is 1. The zero-order valence-electron chi connectivity index (χ0n) is 10.2. The van der Waals surface area contributed by atoms with Gasteiger partial charge in [0.1, 0.15) is 5.82 Å². The Morgan fingerprint density at radius 3 is 2.88 bits per heavy atom. The zero-order chi connectivity index (χ0) is 12.3. The minimum absolute atomic E-state index is 0.170. The van der Waals surface area contributed by atoms with Crippen molar-refractivity contribution in [1.29, 1.82) is 0 Å². The number of hydrogen-bond acceptors (Lipinski definition) is 1. The van der Waals surface area contributed by atoms with E-state index in [-0.39, 0.29) is 5.82 Å². The second kappa shape index (κ2) is 5.96. The highest BCUT2D eigenvalue weighted by Crippen LogP contribution is 2.30. The first-order valence-corrected chi connectivity index (χ1v) is 7.12. The van der Waals surface area contributed by atoms with Crippen LogP contribution in [0.15, 0.2) is 22.7 Å². The molecule has 0 bridgehead atoms. The fraction of sp³-hybridized carbons (Fsp3) is 0.571. The van der Waals surface area contributed by atoms with Crippen molar-refractivity contribution >= 4 is 15.9 Å². The van der Waals surface area contributed by atoms with Crippen molar-refractivity contribution in [3.05, 3.63) is 34.1 Å². The molecule has 0 radical (unpaired) electrons. The molecule has 2 rings (SSSR count). The summed E-state index contributed by atoms with van der Waals surface area (Å²) in [4.78, 5) is 0. The Labute approximate surface area is 111 Å². The van der Waals surface area contributed by atoms with Crippen molar-refractivity contribution in [1.82, 2.24) is 5.32 Å². The first kappa shape index (κ1) is 13.0. The minimum atomic E-state index is -0.170. The van der Waals surface area contributed by atoms with E-state index in [1.165, 1.54) is 31.7 Å². The van der Waals surface area contributed by atoms with Gasteiger partial charge in [0, 0.05) is 17.1 Å². The summed E-state index contributed by atoms with van der Waals surface area (Å²) < 4.78 is 14.1. The maximum atomic E-state index is 13.1. The van der Waals surface area contributed by atoms with Crippen LogP contribution in [0, 0.1) is 11.7 Å². The second-order valence-electron chi connectivity index (χ2n) is 5.05. The highest BCUT2D eigenvalue weighted by molar-refractivity contribution is 9.10. The Hall–Kier alpha value is -0.410. The van der Waals surface area contributed by atoms with Crippen LogP contribution >= 0.6 is 15.9 Å². The molecule has 1 fully saturated rings. The smallest absolute Gasteiger partial charge is 0.123 e. The summed E-state index contributed by atoms with van der Waals surface area (Å²) in [5.41, 5.74) is 0.991. The molecule has 1 saturated carbocycles. The fourth-order valence-electron chi connectivity index (χ4n) is 2.27. The van der Waals surface area contributed by atoms with Crippen LogP contribution < -0.4 is 5.32 Å². The van der Waals surface area contributed by atoms with Crippen LogP contribution in [-0.2, 0) is 6.54 Å². The lowest BCUT2D eigenvalue weighted by Gasteiger charge is -2.28. The molecule has 1 aromatic carbocycles. The van der Waals surface area contributed by atoms with Crippen LogP contribution in [0.5, 0.6) is 0 Å². The number of rotatable bonds is 5. The maximum absolute atomic E-state index is 13.1. The lowest BCUT2D eigenvalue weighted by molar-refractivity contribution is 0.265. The molecule has 1 aliphatic rings. The average Bonchev–Trinajstić information content (AvgIpc) is 2.25. The summed E-state index contributed by atoms with van der Waals surface area (Å²) >= 11 is 3.45. The molecule has 94 valence electrons. The summed E-state index contributed by atoms with van der Waals surface area (Å²) in [5.74, 6) is 0.741. The largest absolute Gasteiger partial charge is 0.310 e. The normalized spacial score (nSPS) is 17.8. The van der Waals surface area contributed by atoms with Crippen LogP contribution in [0.3, 0.4) is 0 Å². The Morgan fingerprint density at radius 1 is 1.47 bits per heavy atom. The molecule has 0 saturated heterocycles. The van der Waals surface area contributed by atoms with Crippen LogP contribution in [-0.4, -0.2) is 6.04 Å². The highest BCUT2D eigenvalue weighted by atomic mass is 79.9. The monoisotopic (exact) mass is 299 g/mol. The lowest BCUT2D eigenvalue weighted by Crippen LogP contribution is -2.29. The third-order valence-corrected chi connectivity index (χ3v) is 4.33. The molecule has 3 heteroatoms. The summed E-state index contributed by atoms with van der Waals surface area (Å²) in [5, 5.41) is 3.47. The molecule has 0 amide bonds. The molecular weight excluding hydrogens is 281 g/mol. The van der Waals surface area contributed by atoms with Gasteiger partial charge in [-0.1, -0.05) is 35.2 Å². The summed E-state index contributed by atoms with van der Waals surface area (Å²) in [7, 11) is 0. The standard InChI is InChI=1S/C14H19BrFN/c1-10(7-11-3-2-4-11)17-9-12-8-13(16)5-6-14(12)15/h5-6,8,10-11,17H,2-4,7,9H2,1H3. The zero-order valence-corrected chi connectivity index (χ0v) is 11.8. The van der Waals surface area contributed by atoms with Gasteiger partial charge in [0.2, 0.25) is 0 Å². The molecule has 0 heterocycles. The van der Waals surface area contributed by atoms with E-state index in [0.717, 1.165) is 22.5 Å². The minimum Gasteiger partial charge on any atom is -0.310 e. The summed E-state index contributed by atoms with van der Waals surface area (Å²) in [6, 6.07) is 5.34. The van der Waals surface area contributed by atoms with Crippen molar-refractivity contribution in [3.63, 3.8) is 0 Å². The molecular formula is C14H19BrFN. The van der Waals surface area contributed by atoms with E-state index < -0.39 is 0 Å². The molecule has 0 aromatic heterocycles. The molecule has 1 N–H and O–H groups in total. The maximum Gasteiger partial charge on any atom is 0.123 e. The third-order valence-electron chi connectivity index (χ3n) is 3.56. The molecule has 1 aliphatic carbocycles. The van der Waals surface area contributed by atoms with E-state index in [1.807, 2.05) is 0 Å². The van der Waals surface area contributed by atoms with Crippen molar-refractivity contribution in [2.75, 3.05) is 0 Å². The SMILES string of the molecule is CC(CC1CCC1)NCc1cc(F)ccc1Br. The molecule has 1 unspecified atom stereocenters. The Bertz CT molecular complexity index is 376. The van der Waals surface area contributed by atoms with E-state index in [4.69, 9.17) is 0 Å². The second-order valence-corrected chi connectivity index (χ2v) is 5.90. The molecule has 17 heavy (non-hydrogen) atoms. The first-order valence-electron chi connectivity index (χ1n) is 6.32. The van der Waals surface area contributed by atoms with E-state index in [9.17, 15) is 4.39 Å². The number of hydrogen-bond donors (Lipinski definition) is 1. The molecule has 1 atom stereocenters. The van der Waals surface area contributed by atoms with Gasteiger partial charge in [-0.3, -0.25) is 0 Å². The Balaban J connectivity index is 1.81. The van der Waals surface area contributed by atoms with Crippen LogP contribution in [0.2, 0.25) is 0 Å². The first-order chi connectivity index (χ1) is 8.15. The Kier molecular flexibility index (Phi) is 4.57. The quantitative estimate of drug-likeness (QED) is 0.857. The fourth-order valence-corrected chi connectivity index (χ4v) is 2.66. The molecule has 1 aromatic rings. The average molecular weight is 300 g/mol. The van der Waals surface area contributed by atoms with E-state index >= 15 is 0 Å². The number of benzene rings is 1. The van der Waals surface area contributed by atoms with Gasteiger partial charge < -0.3 is 5.32 Å². The van der Waals surface area contributed by atoms with Crippen LogP contribution in [0.1, 0.15) is 38.2 Å². The van der Waals surface area contributed by atoms with Gasteiger partial charge in [-0.2, -0.15) is 0 Å². The van der Waals surface area contributed by atoms with Gasteiger partial charge in [-0.05, 0) is 43.0 Å². The summed E-state index contributed by atoms with van der Waals surface area (Å²) in [6.07, 6.45) is 5.41. The molecule has 0 spiro atoms. The van der Waals surface area contributed by atoms with Crippen LogP contribution in [0.25, 0.3) is 0 Å². The van der Waals surface area contributed by atoms with E-state index in [2.05, 4.69) is 28.2 Å². The van der Waals surface area contributed by atoms with Crippen molar-refractivity contribution in [3.8, 4) is 0 Å². The Morgan fingerprint density at radius 2 is 2.24 bits per heavy atom. The van der Waals surface area contributed by atoms with E-state index in [0.29, 0.717) is 6.04 Å². The van der Waals surface area contributed by atoms with E-state index in [1.54, 1.807) is 12.1 Å². The van der Waals surface area contributed by atoms with Crippen molar-refractivity contribution in [2.45, 2.75) is 45.2 Å². The lowest BCUT2D eigenvalue weighted by atomic mass is 9.81. The van der Waals surface area contributed by atoms with Gasteiger partial charge in [-0.25, -0.2) is 4.39 Å². The predicted octanol–water partition coefficient (Wildman–Crippen LogP) is 4.26.